The Labute approximate surface area is 172 Å². The van der Waals surface area contributed by atoms with Gasteiger partial charge in [0.25, 0.3) is 5.91 Å². The number of amides is 1. The normalized spacial score (nSPS) is 21.7. The molecule has 1 atom stereocenters. The van der Waals surface area contributed by atoms with Crippen molar-refractivity contribution in [2.75, 3.05) is 18.4 Å². The van der Waals surface area contributed by atoms with Gasteiger partial charge in [0, 0.05) is 30.2 Å². The van der Waals surface area contributed by atoms with Crippen molar-refractivity contribution in [3.05, 3.63) is 64.7 Å². The Hall–Kier alpha value is -2.51. The summed E-state index contributed by atoms with van der Waals surface area (Å²) in [5.41, 5.74) is 1.05. The Morgan fingerprint density at radius 2 is 2.10 bits per heavy atom. The van der Waals surface area contributed by atoms with Crippen LogP contribution < -0.4 is 5.32 Å². The minimum atomic E-state index is -0.855. The van der Waals surface area contributed by atoms with Gasteiger partial charge in [-0.05, 0) is 55.3 Å². The molecule has 0 radical (unpaired) electrons. The van der Waals surface area contributed by atoms with Gasteiger partial charge in [-0.15, -0.1) is 0 Å². The highest BCUT2D eigenvalue weighted by Gasteiger charge is 2.44. The van der Waals surface area contributed by atoms with E-state index in [1.54, 1.807) is 30.3 Å². The van der Waals surface area contributed by atoms with E-state index in [-0.39, 0.29) is 5.91 Å². The lowest BCUT2D eigenvalue weighted by molar-refractivity contribution is -0.110. The maximum absolute atomic E-state index is 13.5. The number of carbonyl (C=O) groups excluding carboxylic acids is 1. The fourth-order valence-electron chi connectivity index (χ4n) is 3.85. The van der Waals surface area contributed by atoms with E-state index >= 15 is 0 Å². The van der Waals surface area contributed by atoms with Gasteiger partial charge in [-0.1, -0.05) is 28.9 Å². The molecule has 0 aromatic heterocycles. The Morgan fingerprint density at radius 3 is 2.90 bits per heavy atom. The minimum absolute atomic E-state index is 0.318. The van der Waals surface area contributed by atoms with Gasteiger partial charge in [0.1, 0.15) is 5.71 Å². The Morgan fingerprint density at radius 1 is 1.24 bits per heavy atom. The predicted molar refractivity (Wildman–Crippen MR) is 107 cm³/mol. The fourth-order valence-corrected chi connectivity index (χ4v) is 4.04. The number of oxime groups is 1. The molecule has 0 aliphatic carbocycles. The topological polar surface area (TPSA) is 53.9 Å². The number of hydrogen-bond acceptors (Lipinski definition) is 4. The van der Waals surface area contributed by atoms with E-state index in [2.05, 4.69) is 15.4 Å². The number of benzene rings is 2. The molecule has 2 heterocycles. The standard InChI is InChI=1S/C21H20ClF2N3O2/c22-15-3-1-4-16(10-15)25-20(28)19-11-21(29-26-19)7-2-8-27(13-21)12-14-5-6-17(23)18(24)9-14/h1,3-6,9-10H,2,7-8,11-13H2,(H,25,28). The van der Waals surface area contributed by atoms with Crippen molar-refractivity contribution in [3.8, 4) is 0 Å². The van der Waals surface area contributed by atoms with Gasteiger partial charge in [-0.2, -0.15) is 0 Å². The molecule has 1 N–H and O–H groups in total. The van der Waals surface area contributed by atoms with Gasteiger partial charge >= 0.3 is 0 Å². The lowest BCUT2D eigenvalue weighted by Crippen LogP contribution is -2.48. The molecule has 1 saturated heterocycles. The van der Waals surface area contributed by atoms with Crippen LogP contribution in [0.4, 0.5) is 14.5 Å². The summed E-state index contributed by atoms with van der Waals surface area (Å²) in [5.74, 6) is -2.02. The lowest BCUT2D eigenvalue weighted by atomic mass is 9.88. The number of nitrogens with zero attached hydrogens (tertiary/aromatic N) is 2. The number of likely N-dealkylation sites (tertiary alicyclic amines) is 1. The highest BCUT2D eigenvalue weighted by atomic mass is 35.5. The molecule has 2 aromatic rings. The zero-order valence-corrected chi connectivity index (χ0v) is 16.4. The zero-order chi connectivity index (χ0) is 20.4. The first kappa shape index (κ1) is 19.8. The zero-order valence-electron chi connectivity index (χ0n) is 15.6. The molecular formula is C21H20ClF2N3O2. The molecule has 0 bridgehead atoms. The quantitative estimate of drug-likeness (QED) is 0.800. The first-order chi connectivity index (χ1) is 13.9. The highest BCUT2D eigenvalue weighted by Crippen LogP contribution is 2.34. The molecule has 2 aliphatic rings. The smallest absolute Gasteiger partial charge is 0.273 e. The van der Waals surface area contributed by atoms with Crippen LogP contribution in [0.1, 0.15) is 24.8 Å². The van der Waals surface area contributed by atoms with E-state index in [1.807, 2.05) is 0 Å². The Balaban J connectivity index is 1.38. The molecule has 1 unspecified atom stereocenters. The first-order valence-corrected chi connectivity index (χ1v) is 9.79. The summed E-state index contributed by atoms with van der Waals surface area (Å²) >= 11 is 5.95. The van der Waals surface area contributed by atoms with Crippen LogP contribution in [0.15, 0.2) is 47.6 Å². The number of hydrogen-bond donors (Lipinski definition) is 1. The summed E-state index contributed by atoms with van der Waals surface area (Å²) in [6.07, 6.45) is 2.04. The van der Waals surface area contributed by atoms with Crippen molar-refractivity contribution in [2.45, 2.75) is 31.4 Å². The van der Waals surface area contributed by atoms with E-state index in [9.17, 15) is 13.6 Å². The summed E-state index contributed by atoms with van der Waals surface area (Å²) in [7, 11) is 0. The summed E-state index contributed by atoms with van der Waals surface area (Å²) in [4.78, 5) is 20.4. The molecule has 29 heavy (non-hydrogen) atoms. The van der Waals surface area contributed by atoms with E-state index in [1.165, 1.54) is 6.07 Å². The van der Waals surface area contributed by atoms with Crippen molar-refractivity contribution < 1.29 is 18.4 Å². The molecular weight excluding hydrogens is 400 g/mol. The molecule has 1 amide bonds. The fraction of sp³-hybridized carbons (Fsp3) is 0.333. The van der Waals surface area contributed by atoms with Crippen molar-refractivity contribution in [1.82, 2.24) is 4.90 Å². The van der Waals surface area contributed by atoms with Crippen molar-refractivity contribution in [1.29, 1.82) is 0 Å². The molecule has 5 nitrogen and oxygen atoms in total. The van der Waals surface area contributed by atoms with Crippen molar-refractivity contribution in [2.24, 2.45) is 5.16 Å². The Bertz CT molecular complexity index is 969. The van der Waals surface area contributed by atoms with Gasteiger partial charge in [-0.3, -0.25) is 9.69 Å². The van der Waals surface area contributed by atoms with Crippen LogP contribution in [-0.2, 0) is 16.2 Å². The van der Waals surface area contributed by atoms with E-state index < -0.39 is 17.2 Å². The molecule has 4 rings (SSSR count). The molecule has 8 heteroatoms. The third-order valence-corrected chi connectivity index (χ3v) is 5.43. The summed E-state index contributed by atoms with van der Waals surface area (Å²) in [6, 6.07) is 10.8. The number of rotatable bonds is 4. The third-order valence-electron chi connectivity index (χ3n) is 5.19. The highest BCUT2D eigenvalue weighted by molar-refractivity contribution is 6.43. The summed E-state index contributed by atoms with van der Waals surface area (Å²) in [5, 5.41) is 7.35. The van der Waals surface area contributed by atoms with Crippen LogP contribution in [-0.4, -0.2) is 35.2 Å². The minimum Gasteiger partial charge on any atom is -0.387 e. The second kappa shape index (κ2) is 8.08. The van der Waals surface area contributed by atoms with Crippen LogP contribution in [0.5, 0.6) is 0 Å². The van der Waals surface area contributed by atoms with Crippen molar-refractivity contribution in [3.63, 3.8) is 0 Å². The maximum Gasteiger partial charge on any atom is 0.273 e. The first-order valence-electron chi connectivity index (χ1n) is 9.41. The average Bonchev–Trinajstić information content (AvgIpc) is 3.08. The van der Waals surface area contributed by atoms with E-state index in [4.69, 9.17) is 16.4 Å². The second-order valence-corrected chi connectivity index (χ2v) is 7.95. The molecule has 1 spiro atoms. The van der Waals surface area contributed by atoms with Crippen LogP contribution >= 0.6 is 11.6 Å². The largest absolute Gasteiger partial charge is 0.387 e. The van der Waals surface area contributed by atoms with Crippen LogP contribution in [0.3, 0.4) is 0 Å². The monoisotopic (exact) mass is 419 g/mol. The van der Waals surface area contributed by atoms with E-state index in [0.717, 1.165) is 25.5 Å². The number of carbonyl (C=O) groups is 1. The number of nitrogens with one attached hydrogen (secondary N) is 1. The number of halogens is 3. The van der Waals surface area contributed by atoms with E-state index in [0.29, 0.717) is 41.5 Å². The lowest BCUT2D eigenvalue weighted by Gasteiger charge is -2.38. The number of piperidine rings is 1. The van der Waals surface area contributed by atoms with Gasteiger partial charge in [0.15, 0.2) is 17.2 Å². The van der Waals surface area contributed by atoms with Gasteiger partial charge in [0.2, 0.25) is 0 Å². The molecule has 1 fully saturated rings. The summed E-state index contributed by atoms with van der Waals surface area (Å²) < 4.78 is 26.6. The summed E-state index contributed by atoms with van der Waals surface area (Å²) in [6.45, 7) is 1.85. The van der Waals surface area contributed by atoms with Crippen LogP contribution in [0, 0.1) is 11.6 Å². The molecule has 152 valence electrons. The third kappa shape index (κ3) is 4.57. The second-order valence-electron chi connectivity index (χ2n) is 7.52. The van der Waals surface area contributed by atoms with Crippen LogP contribution in [0.25, 0.3) is 0 Å². The Kier molecular flexibility index (Phi) is 5.52. The molecule has 2 aromatic carbocycles. The average molecular weight is 420 g/mol. The number of anilines is 1. The molecule has 0 saturated carbocycles. The molecule has 2 aliphatic heterocycles. The van der Waals surface area contributed by atoms with Gasteiger partial charge < -0.3 is 10.2 Å². The predicted octanol–water partition coefficient (Wildman–Crippen LogP) is 4.37. The van der Waals surface area contributed by atoms with Gasteiger partial charge in [-0.25, -0.2) is 8.78 Å². The van der Waals surface area contributed by atoms with Crippen LogP contribution in [0.2, 0.25) is 5.02 Å². The SMILES string of the molecule is O=C(Nc1cccc(Cl)c1)C1=NOC2(CCCN(Cc3ccc(F)c(F)c3)C2)C1. The van der Waals surface area contributed by atoms with Crippen molar-refractivity contribution >= 4 is 28.9 Å². The van der Waals surface area contributed by atoms with Gasteiger partial charge in [0.05, 0.1) is 0 Å². The maximum atomic E-state index is 13.5.